The van der Waals surface area contributed by atoms with Gasteiger partial charge in [0.05, 0.1) is 17.2 Å². The predicted octanol–water partition coefficient (Wildman–Crippen LogP) is 2.18. The van der Waals surface area contributed by atoms with Crippen LogP contribution in [0.1, 0.15) is 0 Å². The normalized spacial score (nSPS) is 11.4. The summed E-state index contributed by atoms with van der Waals surface area (Å²) >= 11 is 3.43. The van der Waals surface area contributed by atoms with Crippen molar-refractivity contribution in [2.24, 2.45) is 7.05 Å². The average molecular weight is 278 g/mol. The van der Waals surface area contributed by atoms with E-state index in [1.165, 1.54) is 0 Å². The van der Waals surface area contributed by atoms with Crippen LogP contribution in [0, 0.1) is 0 Å². The topological polar surface area (TPSA) is 50.7 Å². The number of para-hydroxylation sites is 1. The first-order valence-electron chi connectivity index (χ1n) is 4.80. The number of pyridine rings is 1. The second kappa shape index (κ2) is 3.18. The largest absolute Gasteiger partial charge is 0.351 e. The van der Waals surface area contributed by atoms with Gasteiger partial charge < -0.3 is 4.98 Å². The third-order valence-corrected chi connectivity index (χ3v) is 3.33. The highest BCUT2D eigenvalue weighted by Crippen LogP contribution is 2.21. The van der Waals surface area contributed by atoms with Gasteiger partial charge in [-0.05, 0) is 28.1 Å². The Bertz CT molecular complexity index is 757. The maximum absolute atomic E-state index is 12.2. The summed E-state index contributed by atoms with van der Waals surface area (Å²) < 4.78 is 2.47. The van der Waals surface area contributed by atoms with Gasteiger partial charge in [-0.1, -0.05) is 6.07 Å². The Morgan fingerprint density at radius 1 is 1.44 bits per heavy atom. The van der Waals surface area contributed by atoms with Gasteiger partial charge in [0, 0.05) is 16.9 Å². The maximum Gasteiger partial charge on any atom is 0.215 e. The molecule has 2 aromatic heterocycles. The molecule has 0 radical (unpaired) electrons. The van der Waals surface area contributed by atoms with Crippen molar-refractivity contribution in [1.29, 1.82) is 0 Å². The van der Waals surface area contributed by atoms with Gasteiger partial charge in [0.2, 0.25) is 5.43 Å². The molecule has 0 aliphatic rings. The quantitative estimate of drug-likeness (QED) is 0.685. The molecular weight excluding hydrogens is 270 g/mol. The van der Waals surface area contributed by atoms with E-state index in [1.807, 2.05) is 18.2 Å². The SMILES string of the molecule is Cn1ncc2[nH]c3c(Br)cccc3c(=O)c21. The number of fused-ring (bicyclic) bond motifs is 2. The molecule has 0 saturated heterocycles. The van der Waals surface area contributed by atoms with Gasteiger partial charge in [0.15, 0.2) is 0 Å². The number of H-pyrrole nitrogens is 1. The van der Waals surface area contributed by atoms with Gasteiger partial charge in [-0.3, -0.25) is 9.48 Å². The zero-order valence-electron chi connectivity index (χ0n) is 8.49. The van der Waals surface area contributed by atoms with Gasteiger partial charge in [0.25, 0.3) is 0 Å². The molecule has 0 spiro atoms. The van der Waals surface area contributed by atoms with Crippen LogP contribution in [0.5, 0.6) is 0 Å². The van der Waals surface area contributed by atoms with Crippen LogP contribution in [-0.4, -0.2) is 14.8 Å². The lowest BCUT2D eigenvalue weighted by Gasteiger charge is -2.01. The van der Waals surface area contributed by atoms with E-state index >= 15 is 0 Å². The maximum atomic E-state index is 12.2. The second-order valence-corrected chi connectivity index (χ2v) is 4.50. The zero-order chi connectivity index (χ0) is 11.3. The van der Waals surface area contributed by atoms with Crippen LogP contribution in [0.3, 0.4) is 0 Å². The summed E-state index contributed by atoms with van der Waals surface area (Å²) in [6.45, 7) is 0. The molecule has 0 unspecified atom stereocenters. The van der Waals surface area contributed by atoms with E-state index in [1.54, 1.807) is 17.9 Å². The summed E-state index contributed by atoms with van der Waals surface area (Å²) in [5, 5.41) is 4.75. The number of halogens is 1. The summed E-state index contributed by atoms with van der Waals surface area (Å²) in [6.07, 6.45) is 1.66. The minimum atomic E-state index is 0.00468. The molecule has 0 saturated carbocycles. The Morgan fingerprint density at radius 3 is 3.06 bits per heavy atom. The van der Waals surface area contributed by atoms with E-state index in [9.17, 15) is 4.79 Å². The molecule has 0 aliphatic carbocycles. The van der Waals surface area contributed by atoms with Crippen molar-refractivity contribution in [2.75, 3.05) is 0 Å². The number of hydrogen-bond donors (Lipinski definition) is 1. The molecule has 0 amide bonds. The van der Waals surface area contributed by atoms with E-state index in [0.29, 0.717) is 10.9 Å². The van der Waals surface area contributed by atoms with Crippen LogP contribution in [0.4, 0.5) is 0 Å². The molecule has 3 rings (SSSR count). The van der Waals surface area contributed by atoms with Crippen molar-refractivity contribution in [3.05, 3.63) is 39.1 Å². The first kappa shape index (κ1) is 9.59. The van der Waals surface area contributed by atoms with Crippen molar-refractivity contribution in [3.63, 3.8) is 0 Å². The van der Waals surface area contributed by atoms with Crippen LogP contribution in [0.25, 0.3) is 21.9 Å². The average Bonchev–Trinajstić information content (AvgIpc) is 2.63. The Hall–Kier alpha value is -1.62. The molecule has 3 aromatic rings. The Morgan fingerprint density at radius 2 is 2.25 bits per heavy atom. The molecule has 1 N–H and O–H groups in total. The van der Waals surface area contributed by atoms with E-state index in [4.69, 9.17) is 0 Å². The lowest BCUT2D eigenvalue weighted by molar-refractivity contribution is 0.795. The number of hydrogen-bond acceptors (Lipinski definition) is 2. The molecule has 4 nitrogen and oxygen atoms in total. The predicted molar refractivity (Wildman–Crippen MR) is 66.5 cm³/mol. The number of benzene rings is 1. The first-order valence-corrected chi connectivity index (χ1v) is 5.60. The van der Waals surface area contributed by atoms with Crippen molar-refractivity contribution < 1.29 is 0 Å². The van der Waals surface area contributed by atoms with E-state index in [0.717, 1.165) is 15.5 Å². The molecule has 0 aliphatic heterocycles. The van der Waals surface area contributed by atoms with Gasteiger partial charge in [0.1, 0.15) is 5.52 Å². The third kappa shape index (κ3) is 1.15. The number of aryl methyl sites for hydroxylation is 1. The van der Waals surface area contributed by atoms with Gasteiger partial charge in [-0.25, -0.2) is 0 Å². The van der Waals surface area contributed by atoms with Crippen LogP contribution in [0.15, 0.2) is 33.7 Å². The molecule has 16 heavy (non-hydrogen) atoms. The van der Waals surface area contributed by atoms with Crippen molar-refractivity contribution in [1.82, 2.24) is 14.8 Å². The minimum absolute atomic E-state index is 0.00468. The summed E-state index contributed by atoms with van der Waals surface area (Å²) in [4.78, 5) is 15.4. The fraction of sp³-hybridized carbons (Fsp3) is 0.0909. The molecule has 0 fully saturated rings. The smallest absolute Gasteiger partial charge is 0.215 e. The Kier molecular flexibility index (Phi) is 1.91. The monoisotopic (exact) mass is 277 g/mol. The minimum Gasteiger partial charge on any atom is -0.351 e. The summed E-state index contributed by atoms with van der Waals surface area (Å²) in [6, 6.07) is 5.57. The van der Waals surface area contributed by atoms with Gasteiger partial charge in [-0.15, -0.1) is 0 Å². The second-order valence-electron chi connectivity index (χ2n) is 3.65. The van der Waals surface area contributed by atoms with Crippen LogP contribution in [0.2, 0.25) is 0 Å². The number of rotatable bonds is 0. The molecule has 2 heterocycles. The van der Waals surface area contributed by atoms with E-state index in [2.05, 4.69) is 26.0 Å². The van der Waals surface area contributed by atoms with Crippen LogP contribution in [-0.2, 0) is 7.05 Å². The molecule has 1 aromatic carbocycles. The number of nitrogens with zero attached hydrogens (tertiary/aromatic N) is 2. The highest BCUT2D eigenvalue weighted by molar-refractivity contribution is 9.10. The van der Waals surface area contributed by atoms with E-state index in [-0.39, 0.29) is 5.43 Å². The Balaban J connectivity index is 2.69. The number of aromatic amines is 1. The summed E-state index contributed by atoms with van der Waals surface area (Å²) in [5.41, 5.74) is 2.18. The number of aromatic nitrogens is 3. The summed E-state index contributed by atoms with van der Waals surface area (Å²) in [7, 11) is 1.77. The summed E-state index contributed by atoms with van der Waals surface area (Å²) in [5.74, 6) is 0. The Labute approximate surface area is 99.0 Å². The fourth-order valence-corrected chi connectivity index (χ4v) is 2.37. The highest BCUT2D eigenvalue weighted by atomic mass is 79.9. The molecule has 0 bridgehead atoms. The zero-order valence-corrected chi connectivity index (χ0v) is 10.1. The van der Waals surface area contributed by atoms with Crippen molar-refractivity contribution in [3.8, 4) is 0 Å². The molecule has 5 heteroatoms. The van der Waals surface area contributed by atoms with Crippen molar-refractivity contribution in [2.45, 2.75) is 0 Å². The van der Waals surface area contributed by atoms with Crippen LogP contribution < -0.4 is 5.43 Å². The standard InChI is InChI=1S/C11H8BrN3O/c1-15-10-8(5-13-15)14-9-6(11(10)16)3-2-4-7(9)12/h2-5H,1H3,(H,14,16). The molecule has 0 atom stereocenters. The van der Waals surface area contributed by atoms with Crippen molar-refractivity contribution >= 4 is 37.9 Å². The molecular formula is C11H8BrN3O. The first-order chi connectivity index (χ1) is 7.68. The third-order valence-electron chi connectivity index (χ3n) is 2.67. The lowest BCUT2D eigenvalue weighted by Crippen LogP contribution is -2.08. The molecule has 80 valence electrons. The van der Waals surface area contributed by atoms with Crippen LogP contribution >= 0.6 is 15.9 Å². The van der Waals surface area contributed by atoms with Gasteiger partial charge in [-0.2, -0.15) is 5.10 Å². The fourth-order valence-electron chi connectivity index (χ4n) is 1.90. The lowest BCUT2D eigenvalue weighted by atomic mass is 10.2. The number of nitrogens with one attached hydrogen (secondary N) is 1. The highest BCUT2D eigenvalue weighted by Gasteiger charge is 2.10. The van der Waals surface area contributed by atoms with E-state index < -0.39 is 0 Å². The van der Waals surface area contributed by atoms with Gasteiger partial charge >= 0.3 is 0 Å².